The average molecular weight is 267 g/mol. The Kier molecular flexibility index (Phi) is 3.09. The van der Waals surface area contributed by atoms with Gasteiger partial charge in [-0.15, -0.1) is 0 Å². The summed E-state index contributed by atoms with van der Waals surface area (Å²) in [4.78, 5) is 4.09. The second kappa shape index (κ2) is 5.05. The van der Waals surface area contributed by atoms with Crippen molar-refractivity contribution >= 4 is 5.88 Å². The average Bonchev–Trinajstić information content (AvgIpc) is 2.90. The van der Waals surface area contributed by atoms with Crippen LogP contribution in [0.2, 0.25) is 0 Å². The summed E-state index contributed by atoms with van der Waals surface area (Å²) in [5.41, 5.74) is 9.13. The van der Waals surface area contributed by atoms with Gasteiger partial charge in [-0.25, -0.2) is 0 Å². The molecule has 0 atom stereocenters. The zero-order chi connectivity index (χ0) is 13.9. The number of anilines is 1. The predicted molar refractivity (Wildman–Crippen MR) is 76.1 cm³/mol. The van der Waals surface area contributed by atoms with Crippen molar-refractivity contribution in [1.82, 2.24) is 10.1 Å². The van der Waals surface area contributed by atoms with Crippen LogP contribution in [0.15, 0.2) is 53.3 Å². The highest BCUT2D eigenvalue weighted by Gasteiger charge is 2.17. The van der Waals surface area contributed by atoms with E-state index in [0.29, 0.717) is 5.69 Å². The van der Waals surface area contributed by atoms with Gasteiger partial charge >= 0.3 is 0 Å². The van der Waals surface area contributed by atoms with Gasteiger partial charge in [0.2, 0.25) is 5.88 Å². The topological polar surface area (TPSA) is 74.2 Å². The highest BCUT2D eigenvalue weighted by Crippen LogP contribution is 2.36. The van der Waals surface area contributed by atoms with Crippen LogP contribution < -0.4 is 10.5 Å². The van der Waals surface area contributed by atoms with Gasteiger partial charge < -0.3 is 15.0 Å². The predicted octanol–water partition coefficient (Wildman–Crippen LogP) is 2.99. The van der Waals surface area contributed by atoms with Gasteiger partial charge in [-0.1, -0.05) is 17.3 Å². The van der Waals surface area contributed by atoms with Crippen molar-refractivity contribution in [2.24, 2.45) is 0 Å². The molecule has 5 nitrogen and oxygen atoms in total. The number of hydrogen-bond acceptors (Lipinski definition) is 5. The van der Waals surface area contributed by atoms with E-state index in [1.807, 2.05) is 36.4 Å². The first-order chi connectivity index (χ1) is 9.79. The molecular weight excluding hydrogens is 254 g/mol. The fraction of sp³-hybridized carbons (Fsp3) is 0.0667. The lowest BCUT2D eigenvalue weighted by atomic mass is 10.0. The fourth-order valence-corrected chi connectivity index (χ4v) is 2.04. The number of methoxy groups -OCH3 is 1. The third-order valence-corrected chi connectivity index (χ3v) is 3.03. The number of nitrogens with zero attached hydrogens (tertiary/aromatic N) is 2. The van der Waals surface area contributed by atoms with E-state index >= 15 is 0 Å². The summed E-state index contributed by atoms with van der Waals surface area (Å²) < 4.78 is 10.3. The van der Waals surface area contributed by atoms with Crippen LogP contribution in [0.3, 0.4) is 0 Å². The molecule has 0 aliphatic heterocycles. The minimum absolute atomic E-state index is 0.286. The lowest BCUT2D eigenvalue weighted by Gasteiger charge is -2.04. The van der Waals surface area contributed by atoms with E-state index < -0.39 is 0 Å². The van der Waals surface area contributed by atoms with Gasteiger partial charge in [0, 0.05) is 18.0 Å². The van der Waals surface area contributed by atoms with Gasteiger partial charge in [-0.2, -0.15) is 0 Å². The molecule has 2 N–H and O–H groups in total. The quantitative estimate of drug-likeness (QED) is 0.789. The first-order valence-corrected chi connectivity index (χ1v) is 6.09. The highest BCUT2D eigenvalue weighted by molar-refractivity contribution is 5.86. The van der Waals surface area contributed by atoms with Crippen LogP contribution in [0, 0.1) is 0 Å². The molecule has 3 aromatic rings. The number of nitrogens with two attached hydrogens (primary N) is 1. The van der Waals surface area contributed by atoms with Gasteiger partial charge in [-0.05, 0) is 29.8 Å². The number of pyridine rings is 1. The SMILES string of the molecule is COc1ccc(-c2c(-c3cccnc3)noc2N)cc1. The van der Waals surface area contributed by atoms with Crippen LogP contribution in [-0.2, 0) is 0 Å². The number of ether oxygens (including phenoxy) is 1. The van der Waals surface area contributed by atoms with Gasteiger partial charge in [0.25, 0.3) is 0 Å². The number of rotatable bonds is 3. The van der Waals surface area contributed by atoms with E-state index in [2.05, 4.69) is 10.1 Å². The maximum atomic E-state index is 5.90. The molecule has 0 aliphatic rings. The van der Waals surface area contributed by atoms with Gasteiger partial charge in [0.05, 0.1) is 12.7 Å². The second-order valence-electron chi connectivity index (χ2n) is 4.24. The summed E-state index contributed by atoms with van der Waals surface area (Å²) in [6.45, 7) is 0. The van der Waals surface area contributed by atoms with Crippen LogP contribution in [0.4, 0.5) is 5.88 Å². The molecule has 0 unspecified atom stereocenters. The second-order valence-corrected chi connectivity index (χ2v) is 4.24. The normalized spacial score (nSPS) is 10.4. The number of hydrogen-bond donors (Lipinski definition) is 1. The van der Waals surface area contributed by atoms with E-state index in [-0.39, 0.29) is 5.88 Å². The Bertz CT molecular complexity index is 706. The fourth-order valence-electron chi connectivity index (χ4n) is 2.04. The van der Waals surface area contributed by atoms with Crippen LogP contribution in [-0.4, -0.2) is 17.3 Å². The Morgan fingerprint density at radius 2 is 1.90 bits per heavy atom. The molecule has 0 spiro atoms. The number of aromatic nitrogens is 2. The molecule has 0 radical (unpaired) electrons. The maximum Gasteiger partial charge on any atom is 0.230 e. The lowest BCUT2D eigenvalue weighted by Crippen LogP contribution is -1.89. The minimum atomic E-state index is 0.286. The molecule has 2 aromatic heterocycles. The monoisotopic (exact) mass is 267 g/mol. The summed E-state index contributed by atoms with van der Waals surface area (Å²) in [6.07, 6.45) is 3.43. The van der Waals surface area contributed by atoms with Crippen molar-refractivity contribution in [3.05, 3.63) is 48.8 Å². The summed E-state index contributed by atoms with van der Waals surface area (Å²) >= 11 is 0. The van der Waals surface area contributed by atoms with Crippen LogP contribution in [0.5, 0.6) is 5.75 Å². The van der Waals surface area contributed by atoms with Crippen LogP contribution in [0.1, 0.15) is 0 Å². The minimum Gasteiger partial charge on any atom is -0.497 e. The van der Waals surface area contributed by atoms with Crippen molar-refractivity contribution in [2.75, 3.05) is 12.8 Å². The summed E-state index contributed by atoms with van der Waals surface area (Å²) in [5.74, 6) is 1.07. The Hall–Kier alpha value is -2.82. The highest BCUT2D eigenvalue weighted by atomic mass is 16.5. The first kappa shape index (κ1) is 12.2. The molecule has 20 heavy (non-hydrogen) atoms. The van der Waals surface area contributed by atoms with Gasteiger partial charge in [0.15, 0.2) is 0 Å². The third kappa shape index (κ3) is 2.09. The first-order valence-electron chi connectivity index (χ1n) is 6.09. The molecule has 1 aromatic carbocycles. The molecule has 5 heteroatoms. The summed E-state index contributed by atoms with van der Waals surface area (Å²) in [7, 11) is 1.63. The third-order valence-electron chi connectivity index (χ3n) is 3.03. The van der Waals surface area contributed by atoms with Crippen molar-refractivity contribution < 1.29 is 9.26 Å². The van der Waals surface area contributed by atoms with Crippen molar-refractivity contribution in [1.29, 1.82) is 0 Å². The standard InChI is InChI=1S/C15H13N3O2/c1-19-12-6-4-10(5-7-12)13-14(18-20-15(13)16)11-3-2-8-17-9-11/h2-9H,16H2,1H3. The smallest absolute Gasteiger partial charge is 0.230 e. The van der Waals surface area contributed by atoms with Gasteiger partial charge in [0.1, 0.15) is 11.4 Å². The lowest BCUT2D eigenvalue weighted by molar-refractivity contribution is 0.415. The maximum absolute atomic E-state index is 5.90. The largest absolute Gasteiger partial charge is 0.497 e. The molecule has 0 bridgehead atoms. The van der Waals surface area contributed by atoms with Crippen molar-refractivity contribution in [2.45, 2.75) is 0 Å². The molecular formula is C15H13N3O2. The number of benzene rings is 1. The molecule has 0 saturated carbocycles. The van der Waals surface area contributed by atoms with Crippen LogP contribution >= 0.6 is 0 Å². The van der Waals surface area contributed by atoms with E-state index in [9.17, 15) is 0 Å². The molecule has 0 amide bonds. The Labute approximate surface area is 116 Å². The molecule has 2 heterocycles. The van der Waals surface area contributed by atoms with Crippen molar-refractivity contribution in [3.63, 3.8) is 0 Å². The van der Waals surface area contributed by atoms with Gasteiger partial charge in [-0.3, -0.25) is 4.98 Å². The Balaban J connectivity index is 2.11. The molecule has 0 saturated heterocycles. The molecule has 0 aliphatic carbocycles. The number of nitrogen functional groups attached to an aromatic ring is 1. The Morgan fingerprint density at radius 1 is 1.10 bits per heavy atom. The zero-order valence-electron chi connectivity index (χ0n) is 10.9. The molecule has 3 rings (SSSR count). The summed E-state index contributed by atoms with van der Waals surface area (Å²) in [6, 6.07) is 11.3. The summed E-state index contributed by atoms with van der Waals surface area (Å²) in [5, 5.41) is 4.03. The van der Waals surface area contributed by atoms with E-state index in [0.717, 1.165) is 22.4 Å². The van der Waals surface area contributed by atoms with Crippen LogP contribution in [0.25, 0.3) is 22.4 Å². The zero-order valence-corrected chi connectivity index (χ0v) is 10.9. The van der Waals surface area contributed by atoms with Crippen molar-refractivity contribution in [3.8, 4) is 28.1 Å². The van der Waals surface area contributed by atoms with E-state index in [1.165, 1.54) is 0 Å². The van der Waals surface area contributed by atoms with E-state index in [1.54, 1.807) is 19.5 Å². The molecule has 0 fully saturated rings. The van der Waals surface area contributed by atoms with E-state index in [4.69, 9.17) is 15.0 Å². The Morgan fingerprint density at radius 3 is 2.55 bits per heavy atom. The molecule has 100 valence electrons.